The molecule has 2 rings (SSSR count). The molecule has 0 amide bonds. The maximum absolute atomic E-state index is 5.35. The topological polar surface area (TPSA) is 12.5 Å². The van der Waals surface area contributed by atoms with Gasteiger partial charge in [0.25, 0.3) is 0 Å². The summed E-state index contributed by atoms with van der Waals surface area (Å²) in [5, 5.41) is 0. The summed E-state index contributed by atoms with van der Waals surface area (Å²) in [5.74, 6) is 0. The van der Waals surface area contributed by atoms with Crippen LogP contribution < -0.4 is 0 Å². The summed E-state index contributed by atoms with van der Waals surface area (Å²) < 4.78 is 6.32. The van der Waals surface area contributed by atoms with E-state index in [0.29, 0.717) is 6.04 Å². The van der Waals surface area contributed by atoms with Crippen LogP contribution in [0.25, 0.3) is 0 Å². The van der Waals surface area contributed by atoms with E-state index < -0.39 is 0 Å². The first-order chi connectivity index (χ1) is 7.75. The number of ether oxygens (including phenoxy) is 1. The average molecular weight is 282 g/mol. The summed E-state index contributed by atoms with van der Waals surface area (Å²) in [6.07, 6.45) is 5.17. The van der Waals surface area contributed by atoms with Crippen LogP contribution in [-0.2, 0) is 4.74 Å². The molecule has 1 heterocycles. The third-order valence-corrected chi connectivity index (χ3v) is 3.42. The molecule has 0 bridgehead atoms. The number of morpholine rings is 1. The molecule has 0 aromatic rings. The van der Waals surface area contributed by atoms with Crippen molar-refractivity contribution in [3.05, 3.63) is 33.7 Å². The Bertz CT molecular complexity index is 381. The third-order valence-electron chi connectivity index (χ3n) is 2.96. The van der Waals surface area contributed by atoms with Crippen molar-refractivity contribution >= 4 is 15.9 Å². The van der Waals surface area contributed by atoms with E-state index in [-0.39, 0.29) is 0 Å². The first-order valence-electron chi connectivity index (χ1n) is 5.66. The maximum atomic E-state index is 5.35. The number of rotatable bonds is 3. The number of halogens is 1. The Morgan fingerprint density at radius 2 is 2.12 bits per heavy atom. The Kier molecular flexibility index (Phi) is 4.22. The molecule has 3 heteroatoms. The lowest BCUT2D eigenvalue weighted by atomic mass is 10.0. The molecule has 2 aliphatic rings. The second kappa shape index (κ2) is 5.67. The van der Waals surface area contributed by atoms with Crippen LogP contribution in [0.15, 0.2) is 33.7 Å². The van der Waals surface area contributed by atoms with Gasteiger partial charge in [-0.05, 0) is 41.4 Å². The number of hydrogen-bond donors (Lipinski definition) is 0. The highest BCUT2D eigenvalue weighted by Gasteiger charge is 2.17. The third kappa shape index (κ3) is 3.21. The van der Waals surface area contributed by atoms with E-state index in [1.807, 2.05) is 6.08 Å². The molecule has 1 atom stereocenters. The second-order valence-corrected chi connectivity index (χ2v) is 5.01. The van der Waals surface area contributed by atoms with Crippen LogP contribution in [0.5, 0.6) is 0 Å². The average Bonchev–Trinajstić information content (AvgIpc) is 2.33. The van der Waals surface area contributed by atoms with Crippen molar-refractivity contribution in [3.63, 3.8) is 0 Å². The van der Waals surface area contributed by atoms with E-state index in [9.17, 15) is 0 Å². The maximum Gasteiger partial charge on any atom is 0.0677 e. The number of hydrogen-bond acceptors (Lipinski definition) is 2. The quantitative estimate of drug-likeness (QED) is 0.738. The molecule has 86 valence electrons. The van der Waals surface area contributed by atoms with Gasteiger partial charge in [0.2, 0.25) is 0 Å². The molecular formula is C13H16BrNO. The van der Waals surface area contributed by atoms with Crippen LogP contribution >= 0.6 is 15.9 Å². The molecule has 0 aromatic heterocycles. The van der Waals surface area contributed by atoms with Crippen molar-refractivity contribution in [2.24, 2.45) is 0 Å². The molecule has 0 aromatic carbocycles. The Hall–Kier alpha value is -0.560. The zero-order chi connectivity index (χ0) is 11.4. The molecule has 1 fully saturated rings. The Balaban J connectivity index is 1.95. The van der Waals surface area contributed by atoms with E-state index in [1.165, 1.54) is 5.57 Å². The predicted octanol–water partition coefficient (Wildman–Crippen LogP) is 2.63. The molecule has 1 saturated heterocycles. The summed E-state index contributed by atoms with van der Waals surface area (Å²) in [5.41, 5.74) is 7.46. The van der Waals surface area contributed by atoms with Gasteiger partial charge < -0.3 is 4.74 Å². The van der Waals surface area contributed by atoms with Crippen molar-refractivity contribution in [1.82, 2.24) is 4.90 Å². The van der Waals surface area contributed by atoms with Gasteiger partial charge in [-0.25, -0.2) is 0 Å². The minimum absolute atomic E-state index is 0.551. The van der Waals surface area contributed by atoms with E-state index in [1.54, 1.807) is 0 Å². The lowest BCUT2D eigenvalue weighted by molar-refractivity contribution is 0.0205. The van der Waals surface area contributed by atoms with Crippen molar-refractivity contribution in [1.29, 1.82) is 0 Å². The highest BCUT2D eigenvalue weighted by molar-refractivity contribution is 9.11. The number of allylic oxidation sites excluding steroid dienone is 3. The molecule has 0 saturated carbocycles. The fraction of sp³-hybridized carbons (Fsp3) is 0.538. The van der Waals surface area contributed by atoms with Gasteiger partial charge in [0.15, 0.2) is 0 Å². The van der Waals surface area contributed by atoms with E-state index in [0.717, 1.165) is 37.2 Å². The zero-order valence-corrected chi connectivity index (χ0v) is 11.1. The fourth-order valence-corrected chi connectivity index (χ4v) is 2.21. The lowest BCUT2D eigenvalue weighted by Crippen LogP contribution is -2.42. The van der Waals surface area contributed by atoms with Crippen molar-refractivity contribution in [3.8, 4) is 0 Å². The summed E-state index contributed by atoms with van der Waals surface area (Å²) >= 11 is 3.37. The van der Waals surface area contributed by atoms with Crippen LogP contribution in [0.4, 0.5) is 0 Å². The zero-order valence-electron chi connectivity index (χ0n) is 9.50. The Morgan fingerprint density at radius 3 is 2.75 bits per heavy atom. The summed E-state index contributed by atoms with van der Waals surface area (Å²) in [4.78, 5) is 2.47. The largest absolute Gasteiger partial charge is 0.379 e. The van der Waals surface area contributed by atoms with E-state index >= 15 is 0 Å². The smallest absolute Gasteiger partial charge is 0.0677 e. The highest BCUT2D eigenvalue weighted by atomic mass is 79.9. The summed E-state index contributed by atoms with van der Waals surface area (Å²) in [6, 6.07) is 0.551. The van der Waals surface area contributed by atoms with Crippen molar-refractivity contribution in [2.45, 2.75) is 19.4 Å². The molecule has 0 radical (unpaired) electrons. The van der Waals surface area contributed by atoms with Crippen molar-refractivity contribution in [2.75, 3.05) is 26.3 Å². The molecule has 1 aliphatic carbocycles. The molecule has 1 unspecified atom stereocenters. The molecule has 0 N–H and O–H groups in total. The SMILES string of the molecule is CC(CC1=C=C=C(Br)C=C1)N1CCOCC1. The molecule has 2 nitrogen and oxygen atoms in total. The predicted molar refractivity (Wildman–Crippen MR) is 68.6 cm³/mol. The first-order valence-corrected chi connectivity index (χ1v) is 6.45. The standard InChI is InChI=1S/C13H16BrNO/c1-11(15-6-8-16-9-7-15)10-12-2-4-13(14)5-3-12/h2,4,11H,6-10H2,1H3. The van der Waals surface area contributed by atoms with Crippen LogP contribution in [0.1, 0.15) is 13.3 Å². The van der Waals surface area contributed by atoms with Gasteiger partial charge in [-0.3, -0.25) is 4.90 Å². The monoisotopic (exact) mass is 281 g/mol. The van der Waals surface area contributed by atoms with Crippen molar-refractivity contribution < 1.29 is 4.74 Å². The van der Waals surface area contributed by atoms with Gasteiger partial charge in [0.05, 0.1) is 17.7 Å². The van der Waals surface area contributed by atoms with Gasteiger partial charge in [-0.15, -0.1) is 0 Å². The summed E-state index contributed by atoms with van der Waals surface area (Å²) in [7, 11) is 0. The Labute approximate surface area is 105 Å². The molecule has 0 spiro atoms. The van der Waals surface area contributed by atoms with Gasteiger partial charge in [0, 0.05) is 24.7 Å². The fourth-order valence-electron chi connectivity index (χ4n) is 1.98. The van der Waals surface area contributed by atoms with Crippen LogP contribution in [0.2, 0.25) is 0 Å². The number of nitrogens with zero attached hydrogens (tertiary/aromatic N) is 1. The minimum atomic E-state index is 0.551. The van der Waals surface area contributed by atoms with Crippen LogP contribution in [0.3, 0.4) is 0 Å². The van der Waals surface area contributed by atoms with Gasteiger partial charge in [-0.1, -0.05) is 11.5 Å². The van der Waals surface area contributed by atoms with Crippen LogP contribution in [-0.4, -0.2) is 37.2 Å². The molecule has 1 aliphatic heterocycles. The first kappa shape index (κ1) is 11.9. The lowest BCUT2D eigenvalue weighted by Gasteiger charge is -2.32. The second-order valence-electron chi connectivity index (χ2n) is 4.16. The van der Waals surface area contributed by atoms with Gasteiger partial charge >= 0.3 is 0 Å². The van der Waals surface area contributed by atoms with E-state index in [2.05, 4.69) is 45.3 Å². The van der Waals surface area contributed by atoms with Gasteiger partial charge in [0.1, 0.15) is 0 Å². The minimum Gasteiger partial charge on any atom is -0.379 e. The normalized spacial score (nSPS) is 22.9. The van der Waals surface area contributed by atoms with Gasteiger partial charge in [-0.2, -0.15) is 0 Å². The Morgan fingerprint density at radius 1 is 1.38 bits per heavy atom. The van der Waals surface area contributed by atoms with Crippen LogP contribution in [0, 0.1) is 0 Å². The summed E-state index contributed by atoms with van der Waals surface area (Å²) in [6.45, 7) is 6.07. The highest BCUT2D eigenvalue weighted by Crippen LogP contribution is 2.17. The molecule has 16 heavy (non-hydrogen) atoms. The molecular weight excluding hydrogens is 266 g/mol. The van der Waals surface area contributed by atoms with E-state index in [4.69, 9.17) is 4.74 Å².